The molecule has 1 nitrogen and oxygen atoms in total. The number of hydrogen-bond acceptors (Lipinski definition) is 1. The summed E-state index contributed by atoms with van der Waals surface area (Å²) in [6.07, 6.45) is 2.67. The Hall–Kier alpha value is 2.15. The van der Waals surface area contributed by atoms with Crippen molar-refractivity contribution < 1.29 is 0 Å². The lowest BCUT2D eigenvalue weighted by atomic mass is 10.2. The lowest BCUT2D eigenvalue weighted by molar-refractivity contribution is 0.663. The quantitative estimate of drug-likeness (QED) is 0.443. The number of alkyl halides is 3. The molecule has 0 aromatic carbocycles. The van der Waals surface area contributed by atoms with Gasteiger partial charge in [0, 0.05) is 10.5 Å². The first-order valence-electron chi connectivity index (χ1n) is 3.79. The largest absolute Gasteiger partial charge is 0.316 e. The molecular weight excluding hydrogens is 479 g/mol. The molecule has 0 saturated heterocycles. The van der Waals surface area contributed by atoms with Crippen molar-refractivity contribution >= 4 is 67.8 Å². The summed E-state index contributed by atoms with van der Waals surface area (Å²) in [4.78, 5) is 0. The maximum Gasteiger partial charge on any atom is 0.0627 e. The monoisotopic (exact) mass is 493 g/mol. The van der Waals surface area contributed by atoms with Gasteiger partial charge in [0.2, 0.25) is 0 Å². The van der Waals surface area contributed by atoms with Crippen LogP contribution in [0.2, 0.25) is 0 Å². The normalized spacial score (nSPS) is 13.9. The molecule has 0 aliphatic rings. The van der Waals surface area contributed by atoms with Gasteiger partial charge in [-0.2, -0.15) is 0 Å². The van der Waals surface area contributed by atoms with Crippen LogP contribution in [0.25, 0.3) is 0 Å². The van der Waals surface area contributed by atoms with E-state index in [1.54, 1.807) is 0 Å². The van der Waals surface area contributed by atoms with E-state index in [0.29, 0.717) is 0 Å². The predicted molar refractivity (Wildman–Crippen MR) is 77.4 cm³/mol. The maximum atomic E-state index is 3.36. The van der Waals surface area contributed by atoms with Gasteiger partial charge in [0.1, 0.15) is 0 Å². The SMILES string of the molecule is CCNCC(I)CCC(I)I. The summed E-state index contributed by atoms with van der Waals surface area (Å²) in [6.45, 7) is 4.41. The van der Waals surface area contributed by atoms with Gasteiger partial charge in [0.15, 0.2) is 0 Å². The third kappa shape index (κ3) is 10.1. The second-order valence-electron chi connectivity index (χ2n) is 2.37. The highest BCUT2D eigenvalue weighted by atomic mass is 127. The summed E-state index contributed by atoms with van der Waals surface area (Å²) >= 11 is 7.48. The van der Waals surface area contributed by atoms with Gasteiger partial charge in [-0.05, 0) is 19.4 Å². The third-order valence-electron chi connectivity index (χ3n) is 1.31. The van der Waals surface area contributed by atoms with Gasteiger partial charge >= 0.3 is 0 Å². The fourth-order valence-electron chi connectivity index (χ4n) is 0.710. The average molecular weight is 493 g/mol. The molecule has 0 spiro atoms. The van der Waals surface area contributed by atoms with E-state index in [9.17, 15) is 0 Å². The molecule has 0 aliphatic carbocycles. The van der Waals surface area contributed by atoms with Crippen LogP contribution in [0.4, 0.5) is 0 Å². The van der Waals surface area contributed by atoms with Gasteiger partial charge in [0.05, 0.1) is 1.93 Å². The summed E-state index contributed by atoms with van der Waals surface area (Å²) in [5, 5.41) is 3.36. The third-order valence-corrected chi connectivity index (χ3v) is 3.62. The Morgan fingerprint density at radius 1 is 1.18 bits per heavy atom. The topological polar surface area (TPSA) is 12.0 Å². The first kappa shape index (κ1) is 13.2. The zero-order chi connectivity index (χ0) is 8.69. The molecule has 4 heteroatoms. The highest BCUT2D eigenvalue weighted by Crippen LogP contribution is 2.19. The molecule has 68 valence electrons. The molecule has 0 bridgehead atoms. The number of hydrogen-bond donors (Lipinski definition) is 1. The van der Waals surface area contributed by atoms with Crippen molar-refractivity contribution in [2.24, 2.45) is 0 Å². The first-order valence-corrected chi connectivity index (χ1v) is 7.53. The molecule has 0 aromatic heterocycles. The van der Waals surface area contributed by atoms with Crippen LogP contribution in [-0.4, -0.2) is 18.9 Å². The van der Waals surface area contributed by atoms with E-state index < -0.39 is 0 Å². The van der Waals surface area contributed by atoms with Gasteiger partial charge in [-0.3, -0.25) is 0 Å². The van der Waals surface area contributed by atoms with Crippen molar-refractivity contribution in [2.45, 2.75) is 25.6 Å². The molecule has 1 N–H and O–H groups in total. The highest BCUT2D eigenvalue weighted by molar-refractivity contribution is 14.2. The van der Waals surface area contributed by atoms with Crippen LogP contribution in [0, 0.1) is 0 Å². The first-order chi connectivity index (χ1) is 5.16. The lowest BCUT2D eigenvalue weighted by Gasteiger charge is -2.09. The average Bonchev–Trinajstić information content (AvgIpc) is 1.97. The number of rotatable bonds is 6. The molecule has 1 atom stereocenters. The second-order valence-corrected chi connectivity index (χ2v) is 9.53. The maximum absolute atomic E-state index is 3.36. The second kappa shape index (κ2) is 8.74. The lowest BCUT2D eigenvalue weighted by Crippen LogP contribution is -2.22. The van der Waals surface area contributed by atoms with E-state index in [1.807, 2.05) is 0 Å². The summed E-state index contributed by atoms with van der Waals surface area (Å²) in [5.41, 5.74) is 0. The van der Waals surface area contributed by atoms with Crippen LogP contribution in [-0.2, 0) is 0 Å². The van der Waals surface area contributed by atoms with Gasteiger partial charge in [-0.25, -0.2) is 0 Å². The Morgan fingerprint density at radius 3 is 2.27 bits per heavy atom. The van der Waals surface area contributed by atoms with Crippen LogP contribution in [0.5, 0.6) is 0 Å². The van der Waals surface area contributed by atoms with Crippen LogP contribution < -0.4 is 5.32 Å². The van der Waals surface area contributed by atoms with E-state index in [1.165, 1.54) is 12.8 Å². The molecule has 11 heavy (non-hydrogen) atoms. The summed E-state index contributed by atoms with van der Waals surface area (Å²) < 4.78 is 1.60. The van der Waals surface area contributed by atoms with Crippen molar-refractivity contribution in [2.75, 3.05) is 13.1 Å². The van der Waals surface area contributed by atoms with Gasteiger partial charge < -0.3 is 5.32 Å². The summed E-state index contributed by atoms with van der Waals surface area (Å²) in [5.74, 6) is 0. The molecule has 0 heterocycles. The Balaban J connectivity index is 3.15. The number of nitrogens with one attached hydrogen (secondary N) is 1. The predicted octanol–water partition coefficient (Wildman–Crippen LogP) is 3.38. The zero-order valence-corrected chi connectivity index (χ0v) is 13.1. The molecular formula is C7H14I3N. The van der Waals surface area contributed by atoms with Crippen molar-refractivity contribution in [3.63, 3.8) is 0 Å². The van der Waals surface area contributed by atoms with Crippen molar-refractivity contribution in [3.8, 4) is 0 Å². The molecule has 0 amide bonds. The van der Waals surface area contributed by atoms with E-state index in [4.69, 9.17) is 0 Å². The fraction of sp³-hybridized carbons (Fsp3) is 1.00. The molecule has 0 rings (SSSR count). The van der Waals surface area contributed by atoms with Crippen LogP contribution in [0.3, 0.4) is 0 Å². The van der Waals surface area contributed by atoms with Crippen molar-refractivity contribution in [3.05, 3.63) is 0 Å². The fourth-order valence-corrected chi connectivity index (χ4v) is 2.10. The minimum Gasteiger partial charge on any atom is -0.316 e. The smallest absolute Gasteiger partial charge is 0.0627 e. The van der Waals surface area contributed by atoms with E-state index >= 15 is 0 Å². The standard InChI is InChI=1S/C7H14I3N/c1-2-11-5-6(8)3-4-7(9)10/h6-7,11H,2-5H2,1H3. The molecule has 1 unspecified atom stereocenters. The van der Waals surface area contributed by atoms with Crippen LogP contribution in [0.1, 0.15) is 19.8 Å². The van der Waals surface area contributed by atoms with E-state index in [0.717, 1.165) is 18.9 Å². The van der Waals surface area contributed by atoms with Crippen LogP contribution >= 0.6 is 67.8 Å². The highest BCUT2D eigenvalue weighted by Gasteiger charge is 2.05. The summed E-state index contributed by atoms with van der Waals surface area (Å²) in [7, 11) is 0. The Kier molecular flexibility index (Phi) is 10.4. The molecule has 0 fully saturated rings. The Bertz CT molecular complexity index is 87.8. The van der Waals surface area contributed by atoms with Gasteiger partial charge in [-0.15, -0.1) is 0 Å². The molecule has 0 aromatic rings. The zero-order valence-electron chi connectivity index (χ0n) is 6.62. The number of halogens is 3. The Morgan fingerprint density at radius 2 is 1.82 bits per heavy atom. The minimum absolute atomic E-state index is 0.795. The summed E-state index contributed by atoms with van der Waals surface area (Å²) in [6, 6.07) is 0. The molecule has 0 aliphatic heterocycles. The Labute approximate surface area is 110 Å². The minimum atomic E-state index is 0.795. The molecule has 0 radical (unpaired) electrons. The van der Waals surface area contributed by atoms with Crippen molar-refractivity contribution in [1.82, 2.24) is 5.32 Å². The van der Waals surface area contributed by atoms with Gasteiger partial charge in [-0.1, -0.05) is 74.7 Å². The van der Waals surface area contributed by atoms with Crippen LogP contribution in [0.15, 0.2) is 0 Å². The molecule has 0 saturated carbocycles. The van der Waals surface area contributed by atoms with E-state index in [-0.39, 0.29) is 0 Å². The van der Waals surface area contributed by atoms with Crippen molar-refractivity contribution in [1.29, 1.82) is 0 Å². The van der Waals surface area contributed by atoms with E-state index in [2.05, 4.69) is 80.0 Å². The van der Waals surface area contributed by atoms with Gasteiger partial charge in [0.25, 0.3) is 0 Å².